The Morgan fingerprint density at radius 1 is 1.27 bits per heavy atom. The number of aromatic nitrogens is 1. The Morgan fingerprint density at radius 2 is 2.00 bits per heavy atom. The van der Waals surface area contributed by atoms with Crippen LogP contribution in [0.2, 0.25) is 0 Å². The molecule has 1 unspecified atom stereocenters. The summed E-state index contributed by atoms with van der Waals surface area (Å²) in [7, 11) is 1.52. The molecule has 1 aromatic heterocycles. The highest BCUT2D eigenvalue weighted by molar-refractivity contribution is 6.10. The van der Waals surface area contributed by atoms with Gasteiger partial charge in [0.2, 0.25) is 11.8 Å². The van der Waals surface area contributed by atoms with Crippen molar-refractivity contribution in [3.05, 3.63) is 35.6 Å². The van der Waals surface area contributed by atoms with Crippen LogP contribution in [-0.4, -0.2) is 64.8 Å². The van der Waals surface area contributed by atoms with Crippen LogP contribution in [0, 0.1) is 0 Å². The maximum Gasteiger partial charge on any atom is 0.258 e. The molecule has 1 aromatic rings. The van der Waals surface area contributed by atoms with Crippen LogP contribution in [0.5, 0.6) is 5.88 Å². The molecule has 0 radical (unpaired) electrons. The summed E-state index contributed by atoms with van der Waals surface area (Å²) in [4.78, 5) is 37.2. The van der Waals surface area contributed by atoms with Gasteiger partial charge in [0.15, 0.2) is 5.96 Å². The molecule has 158 valence electrons. The lowest BCUT2D eigenvalue weighted by Gasteiger charge is -2.41. The van der Waals surface area contributed by atoms with E-state index >= 15 is 0 Å². The number of nitrogens with zero attached hydrogens (tertiary/aromatic N) is 4. The summed E-state index contributed by atoms with van der Waals surface area (Å²) >= 11 is 0. The van der Waals surface area contributed by atoms with Crippen molar-refractivity contribution in [3.63, 3.8) is 0 Å². The summed E-state index contributed by atoms with van der Waals surface area (Å²) in [5.74, 6) is 0.566. The van der Waals surface area contributed by atoms with E-state index in [2.05, 4.69) is 9.98 Å². The van der Waals surface area contributed by atoms with Gasteiger partial charge < -0.3 is 21.1 Å². The van der Waals surface area contributed by atoms with E-state index in [4.69, 9.17) is 16.2 Å². The molecule has 0 spiro atoms. The number of nitrogens with two attached hydrogens (primary N) is 2. The van der Waals surface area contributed by atoms with Gasteiger partial charge in [-0.05, 0) is 37.0 Å². The van der Waals surface area contributed by atoms with E-state index in [0.717, 1.165) is 11.1 Å². The third kappa shape index (κ3) is 3.51. The van der Waals surface area contributed by atoms with Crippen molar-refractivity contribution < 1.29 is 14.3 Å². The second-order valence-electron chi connectivity index (χ2n) is 7.73. The number of methoxy groups -OCH3 is 1. The highest BCUT2D eigenvalue weighted by Gasteiger charge is 2.39. The predicted molar refractivity (Wildman–Crippen MR) is 113 cm³/mol. The van der Waals surface area contributed by atoms with E-state index in [9.17, 15) is 9.59 Å². The van der Waals surface area contributed by atoms with Crippen molar-refractivity contribution in [3.8, 4) is 5.88 Å². The average Bonchev–Trinajstić information content (AvgIpc) is 2.74. The van der Waals surface area contributed by atoms with E-state index in [1.165, 1.54) is 7.11 Å². The van der Waals surface area contributed by atoms with E-state index in [-0.39, 0.29) is 29.9 Å². The molecule has 4 rings (SSSR count). The highest BCUT2D eigenvalue weighted by Crippen LogP contribution is 2.33. The third-order valence-corrected chi connectivity index (χ3v) is 5.91. The Hall–Kier alpha value is -3.36. The number of amides is 2. The number of aliphatic imine (C=N–C) groups is 1. The molecular formula is C21H26N6O3. The van der Waals surface area contributed by atoms with Crippen LogP contribution in [0.1, 0.15) is 31.7 Å². The van der Waals surface area contributed by atoms with Gasteiger partial charge in [0, 0.05) is 43.4 Å². The van der Waals surface area contributed by atoms with Crippen molar-refractivity contribution in [1.82, 2.24) is 14.8 Å². The number of fused-ring (bicyclic) bond motifs is 1. The van der Waals surface area contributed by atoms with Crippen molar-refractivity contribution >= 4 is 29.0 Å². The van der Waals surface area contributed by atoms with Crippen LogP contribution < -0.4 is 16.2 Å². The Labute approximate surface area is 175 Å². The van der Waals surface area contributed by atoms with Gasteiger partial charge in [-0.1, -0.05) is 6.08 Å². The lowest BCUT2D eigenvalue weighted by Crippen LogP contribution is -2.56. The molecule has 3 heterocycles. The summed E-state index contributed by atoms with van der Waals surface area (Å²) in [6.07, 6.45) is 7.49. The van der Waals surface area contributed by atoms with Crippen LogP contribution in [0.25, 0.3) is 5.57 Å². The SMILES string of the molecule is COc1ncc(C2=CCC3N=C(N)N(C4CCN(C(C)=O)CC4)C(=O)C3=C2)cc1N. The Kier molecular flexibility index (Phi) is 5.19. The number of pyridine rings is 1. The molecule has 4 N–H and O–H groups in total. The number of piperidine rings is 1. The van der Waals surface area contributed by atoms with E-state index < -0.39 is 0 Å². The first-order valence-electron chi connectivity index (χ1n) is 10.0. The zero-order valence-corrected chi connectivity index (χ0v) is 17.2. The smallest absolute Gasteiger partial charge is 0.258 e. The maximum absolute atomic E-state index is 13.4. The number of carbonyl (C=O) groups is 2. The molecule has 1 atom stereocenters. The second kappa shape index (κ2) is 7.81. The van der Waals surface area contributed by atoms with Gasteiger partial charge in [-0.2, -0.15) is 0 Å². The molecule has 2 aliphatic heterocycles. The standard InChI is InChI=1S/C21H26N6O3/c1-12(28)26-7-5-15(6-8-26)27-20(29)16-9-13(3-4-18(16)25-21(27)23)14-10-17(22)19(30-2)24-11-14/h3,9-11,15,18H,4-8,22H2,1-2H3,(H2,23,25). The molecular weight excluding hydrogens is 384 g/mol. The summed E-state index contributed by atoms with van der Waals surface area (Å²) in [6, 6.07) is 1.44. The minimum absolute atomic E-state index is 0.0530. The fraction of sp³-hybridized carbons (Fsp3) is 0.429. The summed E-state index contributed by atoms with van der Waals surface area (Å²) in [6.45, 7) is 2.79. The van der Waals surface area contributed by atoms with Gasteiger partial charge >= 0.3 is 0 Å². The van der Waals surface area contributed by atoms with Crippen LogP contribution in [0.3, 0.4) is 0 Å². The molecule has 0 saturated carbocycles. The number of hydrogen-bond acceptors (Lipinski definition) is 7. The van der Waals surface area contributed by atoms with Crippen LogP contribution >= 0.6 is 0 Å². The summed E-state index contributed by atoms with van der Waals surface area (Å²) < 4.78 is 5.12. The average molecular weight is 410 g/mol. The Morgan fingerprint density at radius 3 is 2.63 bits per heavy atom. The van der Waals surface area contributed by atoms with Gasteiger partial charge in [-0.25, -0.2) is 9.98 Å². The van der Waals surface area contributed by atoms with Crippen molar-refractivity contribution in [1.29, 1.82) is 0 Å². The van der Waals surface area contributed by atoms with E-state index in [0.29, 0.717) is 49.5 Å². The minimum atomic E-state index is -0.279. The number of likely N-dealkylation sites (tertiary alicyclic amines) is 1. The molecule has 1 fully saturated rings. The zero-order valence-electron chi connectivity index (χ0n) is 17.2. The van der Waals surface area contributed by atoms with E-state index in [1.54, 1.807) is 29.0 Å². The highest BCUT2D eigenvalue weighted by atomic mass is 16.5. The topological polar surface area (TPSA) is 127 Å². The number of allylic oxidation sites excluding steroid dienone is 2. The molecule has 9 heteroatoms. The third-order valence-electron chi connectivity index (χ3n) is 5.91. The summed E-state index contributed by atoms with van der Waals surface area (Å²) in [5.41, 5.74) is 14.9. The number of rotatable bonds is 3. The number of anilines is 1. The maximum atomic E-state index is 13.4. The van der Waals surface area contributed by atoms with Crippen molar-refractivity contribution in [2.24, 2.45) is 10.7 Å². The predicted octanol–water partition coefficient (Wildman–Crippen LogP) is 0.922. The second-order valence-corrected chi connectivity index (χ2v) is 7.73. The summed E-state index contributed by atoms with van der Waals surface area (Å²) in [5, 5.41) is 0. The normalized spacial score (nSPS) is 22.1. The molecule has 9 nitrogen and oxygen atoms in total. The number of nitrogen functional groups attached to an aromatic ring is 1. The van der Waals surface area contributed by atoms with Crippen molar-refractivity contribution in [2.75, 3.05) is 25.9 Å². The molecule has 1 saturated heterocycles. The Balaban J connectivity index is 1.58. The van der Waals surface area contributed by atoms with Crippen molar-refractivity contribution in [2.45, 2.75) is 38.3 Å². The first-order valence-corrected chi connectivity index (χ1v) is 10.0. The molecule has 30 heavy (non-hydrogen) atoms. The zero-order chi connectivity index (χ0) is 21.4. The number of ether oxygens (including phenoxy) is 1. The molecule has 3 aliphatic rings. The van der Waals surface area contributed by atoms with E-state index in [1.807, 2.05) is 12.2 Å². The number of carbonyl (C=O) groups excluding carboxylic acids is 2. The number of guanidine groups is 1. The molecule has 1 aliphatic carbocycles. The Bertz CT molecular complexity index is 975. The van der Waals surface area contributed by atoms with Gasteiger partial charge in [0.25, 0.3) is 5.91 Å². The van der Waals surface area contributed by atoms with Crippen LogP contribution in [0.4, 0.5) is 5.69 Å². The van der Waals surface area contributed by atoms with Gasteiger partial charge in [0.05, 0.1) is 18.8 Å². The fourth-order valence-electron chi connectivity index (χ4n) is 4.27. The monoisotopic (exact) mass is 410 g/mol. The molecule has 2 amide bonds. The number of hydrogen-bond donors (Lipinski definition) is 2. The van der Waals surface area contributed by atoms with Gasteiger partial charge in [-0.3, -0.25) is 14.5 Å². The van der Waals surface area contributed by atoms with Crippen LogP contribution in [-0.2, 0) is 9.59 Å². The van der Waals surface area contributed by atoms with Crippen LogP contribution in [0.15, 0.2) is 35.0 Å². The van der Waals surface area contributed by atoms with Gasteiger partial charge in [-0.15, -0.1) is 0 Å². The molecule has 0 aromatic carbocycles. The minimum Gasteiger partial charge on any atom is -0.480 e. The fourth-order valence-corrected chi connectivity index (χ4v) is 4.27. The van der Waals surface area contributed by atoms with Gasteiger partial charge in [0.1, 0.15) is 0 Å². The lowest BCUT2D eigenvalue weighted by molar-refractivity contribution is -0.131. The molecule has 0 bridgehead atoms. The largest absolute Gasteiger partial charge is 0.480 e. The first-order chi connectivity index (χ1) is 14.4. The first kappa shape index (κ1) is 19.9. The quantitative estimate of drug-likeness (QED) is 0.763. The lowest BCUT2D eigenvalue weighted by atomic mass is 9.89.